The van der Waals surface area contributed by atoms with Gasteiger partial charge in [-0.3, -0.25) is 4.79 Å². The Bertz CT molecular complexity index is 817. The van der Waals surface area contributed by atoms with Gasteiger partial charge >= 0.3 is 0 Å². The fourth-order valence-electron chi connectivity index (χ4n) is 3.54. The number of likely N-dealkylation sites (tertiary alicyclic amines) is 1. The maximum absolute atomic E-state index is 12.9. The molecule has 1 saturated heterocycles. The lowest BCUT2D eigenvalue weighted by Gasteiger charge is -2.33. The van der Waals surface area contributed by atoms with Gasteiger partial charge in [-0.05, 0) is 67.6 Å². The van der Waals surface area contributed by atoms with E-state index in [4.69, 9.17) is 9.47 Å². The molecule has 1 unspecified atom stereocenters. The van der Waals surface area contributed by atoms with Crippen molar-refractivity contribution in [2.45, 2.75) is 32.2 Å². The van der Waals surface area contributed by atoms with Crippen LogP contribution >= 0.6 is 0 Å². The molecule has 5 heteroatoms. The van der Waals surface area contributed by atoms with Crippen molar-refractivity contribution in [3.63, 3.8) is 0 Å². The van der Waals surface area contributed by atoms with Gasteiger partial charge in [-0.15, -0.1) is 0 Å². The van der Waals surface area contributed by atoms with Gasteiger partial charge in [0.25, 0.3) is 5.91 Å². The zero-order chi connectivity index (χ0) is 17.4. The topological polar surface area (TPSA) is 59.0 Å². The maximum Gasteiger partial charge on any atom is 0.254 e. The van der Waals surface area contributed by atoms with Crippen LogP contribution in [0.1, 0.15) is 36.5 Å². The summed E-state index contributed by atoms with van der Waals surface area (Å²) in [5.74, 6) is 1.45. The van der Waals surface area contributed by atoms with Crippen molar-refractivity contribution in [3.05, 3.63) is 42.0 Å². The first-order valence-corrected chi connectivity index (χ1v) is 8.67. The predicted molar refractivity (Wildman–Crippen MR) is 94.0 cm³/mol. The highest BCUT2D eigenvalue weighted by molar-refractivity contribution is 5.96. The highest BCUT2D eigenvalue weighted by Crippen LogP contribution is 2.37. The number of fused-ring (bicyclic) bond motifs is 1. The zero-order valence-corrected chi connectivity index (χ0v) is 14.2. The number of nitrogens with zero attached hydrogens (tertiary/aromatic N) is 1. The Balaban J connectivity index is 1.68. The van der Waals surface area contributed by atoms with Gasteiger partial charge in [0, 0.05) is 18.2 Å². The summed E-state index contributed by atoms with van der Waals surface area (Å²) in [4.78, 5) is 14.8. The molecule has 0 radical (unpaired) electrons. The summed E-state index contributed by atoms with van der Waals surface area (Å²) in [7, 11) is 0. The van der Waals surface area contributed by atoms with Crippen LogP contribution < -0.4 is 9.47 Å². The Kier molecular flexibility index (Phi) is 3.99. The molecule has 130 valence electrons. The molecule has 2 aromatic rings. The van der Waals surface area contributed by atoms with E-state index in [-0.39, 0.29) is 24.5 Å². The third-order valence-corrected chi connectivity index (χ3v) is 4.93. The molecular formula is C20H21NO4. The molecule has 4 rings (SSSR count). The monoisotopic (exact) mass is 339 g/mol. The number of phenolic OH excluding ortho intramolecular Hbond substituents is 1. The first kappa shape index (κ1) is 15.8. The van der Waals surface area contributed by atoms with Crippen molar-refractivity contribution in [2.75, 3.05) is 13.3 Å². The average molecular weight is 339 g/mol. The summed E-state index contributed by atoms with van der Waals surface area (Å²) in [6, 6.07) is 10.9. The van der Waals surface area contributed by atoms with E-state index < -0.39 is 0 Å². The van der Waals surface area contributed by atoms with Gasteiger partial charge < -0.3 is 19.5 Å². The van der Waals surface area contributed by atoms with E-state index in [0.29, 0.717) is 17.1 Å². The van der Waals surface area contributed by atoms with E-state index >= 15 is 0 Å². The number of rotatable bonds is 2. The highest BCUT2D eigenvalue weighted by atomic mass is 16.7. The van der Waals surface area contributed by atoms with Crippen LogP contribution in [0, 0.1) is 0 Å². The molecule has 2 aliphatic heterocycles. The summed E-state index contributed by atoms with van der Waals surface area (Å²) >= 11 is 0. The lowest BCUT2D eigenvalue weighted by Crippen LogP contribution is -2.42. The number of hydrogen-bond donors (Lipinski definition) is 1. The molecule has 1 atom stereocenters. The minimum atomic E-state index is -0.0231. The van der Waals surface area contributed by atoms with Crippen molar-refractivity contribution in [1.82, 2.24) is 4.90 Å². The zero-order valence-electron chi connectivity index (χ0n) is 14.2. The second-order valence-electron chi connectivity index (χ2n) is 6.68. The molecule has 1 amide bonds. The van der Waals surface area contributed by atoms with Gasteiger partial charge in [0.15, 0.2) is 11.5 Å². The lowest BCUT2D eigenvalue weighted by atomic mass is 9.99. The molecule has 0 aromatic heterocycles. The van der Waals surface area contributed by atoms with Crippen LogP contribution in [0.4, 0.5) is 0 Å². The van der Waals surface area contributed by atoms with Gasteiger partial charge in [0.2, 0.25) is 6.79 Å². The van der Waals surface area contributed by atoms with Crippen LogP contribution in [-0.4, -0.2) is 35.3 Å². The second-order valence-corrected chi connectivity index (χ2v) is 6.68. The molecule has 2 aliphatic rings. The normalized spacial score (nSPS) is 19.1. The van der Waals surface area contributed by atoms with Gasteiger partial charge in [0.1, 0.15) is 5.75 Å². The van der Waals surface area contributed by atoms with Crippen LogP contribution in [0.25, 0.3) is 11.1 Å². The summed E-state index contributed by atoms with van der Waals surface area (Å²) in [6.07, 6.45) is 3.22. The number of amides is 1. The Morgan fingerprint density at radius 1 is 1.08 bits per heavy atom. The smallest absolute Gasteiger partial charge is 0.254 e. The van der Waals surface area contributed by atoms with E-state index in [1.807, 2.05) is 29.2 Å². The Morgan fingerprint density at radius 2 is 1.92 bits per heavy atom. The van der Waals surface area contributed by atoms with E-state index in [0.717, 1.165) is 36.9 Å². The van der Waals surface area contributed by atoms with Crippen LogP contribution in [0.3, 0.4) is 0 Å². The molecule has 1 fully saturated rings. The van der Waals surface area contributed by atoms with Crippen LogP contribution in [0.15, 0.2) is 36.4 Å². The molecule has 25 heavy (non-hydrogen) atoms. The molecule has 2 aromatic carbocycles. The Morgan fingerprint density at radius 3 is 2.76 bits per heavy atom. The number of piperidine rings is 1. The standard InChI is InChI=1S/C20H21NO4/c1-13-4-2-3-7-21(13)20(23)16-8-15(9-17(22)10-16)14-5-6-18-19(11-14)25-12-24-18/h5-6,8-11,13,22H,2-4,7,12H2,1H3. The largest absolute Gasteiger partial charge is 0.508 e. The predicted octanol–water partition coefficient (Wildman–Crippen LogP) is 3.80. The number of aromatic hydroxyl groups is 1. The average Bonchev–Trinajstić information content (AvgIpc) is 3.08. The van der Waals surface area contributed by atoms with Crippen molar-refractivity contribution in [1.29, 1.82) is 0 Å². The van der Waals surface area contributed by atoms with E-state index in [9.17, 15) is 9.90 Å². The number of ether oxygens (including phenoxy) is 2. The minimum Gasteiger partial charge on any atom is -0.508 e. The fraction of sp³-hybridized carbons (Fsp3) is 0.350. The van der Waals surface area contributed by atoms with E-state index in [1.165, 1.54) is 0 Å². The lowest BCUT2D eigenvalue weighted by molar-refractivity contribution is 0.0635. The van der Waals surface area contributed by atoms with Crippen molar-refractivity contribution < 1.29 is 19.4 Å². The molecule has 5 nitrogen and oxygen atoms in total. The van der Waals surface area contributed by atoms with Gasteiger partial charge in [-0.1, -0.05) is 6.07 Å². The van der Waals surface area contributed by atoms with Crippen molar-refractivity contribution in [2.24, 2.45) is 0 Å². The van der Waals surface area contributed by atoms with Gasteiger partial charge in [-0.25, -0.2) is 0 Å². The SMILES string of the molecule is CC1CCCCN1C(=O)c1cc(O)cc(-c2ccc3c(c2)OCO3)c1. The number of carbonyl (C=O) groups excluding carboxylic acids is 1. The van der Waals surface area contributed by atoms with Gasteiger partial charge in [0.05, 0.1) is 0 Å². The number of carbonyl (C=O) groups is 1. The van der Waals surface area contributed by atoms with Crippen LogP contribution in [-0.2, 0) is 0 Å². The summed E-state index contributed by atoms with van der Waals surface area (Å²) in [5, 5.41) is 10.1. The molecule has 0 aliphatic carbocycles. The summed E-state index contributed by atoms with van der Waals surface area (Å²) in [6.45, 7) is 3.07. The third kappa shape index (κ3) is 3.02. The van der Waals surface area contributed by atoms with E-state index in [2.05, 4.69) is 6.92 Å². The number of benzene rings is 2. The fourth-order valence-corrected chi connectivity index (χ4v) is 3.54. The first-order chi connectivity index (χ1) is 12.1. The Hall–Kier alpha value is -2.69. The van der Waals surface area contributed by atoms with Crippen molar-refractivity contribution >= 4 is 5.91 Å². The molecular weight excluding hydrogens is 318 g/mol. The molecule has 0 spiro atoms. The quantitative estimate of drug-likeness (QED) is 0.904. The molecule has 0 bridgehead atoms. The van der Waals surface area contributed by atoms with Crippen molar-refractivity contribution in [3.8, 4) is 28.4 Å². The summed E-state index contributed by atoms with van der Waals surface area (Å²) in [5.41, 5.74) is 2.17. The molecule has 2 heterocycles. The van der Waals surface area contributed by atoms with E-state index in [1.54, 1.807) is 12.1 Å². The highest BCUT2D eigenvalue weighted by Gasteiger charge is 2.25. The molecule has 1 N–H and O–H groups in total. The number of phenols is 1. The summed E-state index contributed by atoms with van der Waals surface area (Å²) < 4.78 is 10.8. The van der Waals surface area contributed by atoms with Crippen LogP contribution in [0.2, 0.25) is 0 Å². The minimum absolute atomic E-state index is 0.0231. The molecule has 0 saturated carbocycles. The maximum atomic E-state index is 12.9. The van der Waals surface area contributed by atoms with Gasteiger partial charge in [-0.2, -0.15) is 0 Å². The second kappa shape index (κ2) is 6.31. The third-order valence-electron chi connectivity index (χ3n) is 4.93. The first-order valence-electron chi connectivity index (χ1n) is 8.67. The Labute approximate surface area is 146 Å². The van der Waals surface area contributed by atoms with Crippen LogP contribution in [0.5, 0.6) is 17.2 Å². The number of hydrogen-bond acceptors (Lipinski definition) is 4.